The first kappa shape index (κ1) is 12.1. The van der Waals surface area contributed by atoms with Gasteiger partial charge in [0.2, 0.25) is 0 Å². The SMILES string of the molecule is Nc1nc(-c2ccc3c(c2)CCO3)nc2cc(F)ccc12. The Bertz CT molecular complexity index is 864. The van der Waals surface area contributed by atoms with Gasteiger partial charge in [0.25, 0.3) is 0 Å². The first-order valence-corrected chi connectivity index (χ1v) is 6.69. The standard InChI is InChI=1S/C16H12FN3O/c17-11-2-3-12-13(8-11)19-16(20-15(12)18)10-1-4-14-9(7-10)5-6-21-14/h1-4,7-8H,5-6H2,(H2,18,19,20). The van der Waals surface area contributed by atoms with E-state index in [1.807, 2.05) is 18.2 Å². The van der Waals surface area contributed by atoms with Gasteiger partial charge in [-0.05, 0) is 35.9 Å². The monoisotopic (exact) mass is 281 g/mol. The van der Waals surface area contributed by atoms with E-state index in [1.165, 1.54) is 12.1 Å². The molecular formula is C16H12FN3O. The summed E-state index contributed by atoms with van der Waals surface area (Å²) in [5, 5.41) is 0.657. The molecule has 1 aromatic heterocycles. The normalized spacial score (nSPS) is 13.2. The highest BCUT2D eigenvalue weighted by molar-refractivity contribution is 5.89. The van der Waals surface area contributed by atoms with E-state index in [0.29, 0.717) is 29.2 Å². The lowest BCUT2D eigenvalue weighted by atomic mass is 10.1. The van der Waals surface area contributed by atoms with Crippen molar-refractivity contribution in [2.75, 3.05) is 12.3 Å². The zero-order valence-electron chi connectivity index (χ0n) is 11.1. The first-order valence-electron chi connectivity index (χ1n) is 6.69. The molecule has 1 aliphatic rings. The van der Waals surface area contributed by atoms with E-state index >= 15 is 0 Å². The number of aromatic nitrogens is 2. The Hall–Kier alpha value is -2.69. The van der Waals surface area contributed by atoms with Crippen LogP contribution >= 0.6 is 0 Å². The average Bonchev–Trinajstić information content (AvgIpc) is 2.94. The molecule has 0 amide bonds. The van der Waals surface area contributed by atoms with Crippen LogP contribution in [0.3, 0.4) is 0 Å². The molecule has 0 spiro atoms. The number of halogens is 1. The molecule has 0 saturated heterocycles. The molecule has 1 aliphatic heterocycles. The van der Waals surface area contributed by atoms with Crippen LogP contribution in [0.15, 0.2) is 36.4 Å². The van der Waals surface area contributed by atoms with Crippen LogP contribution < -0.4 is 10.5 Å². The topological polar surface area (TPSA) is 61.0 Å². The molecule has 5 heteroatoms. The summed E-state index contributed by atoms with van der Waals surface area (Å²) in [6.07, 6.45) is 0.876. The van der Waals surface area contributed by atoms with Crippen molar-refractivity contribution in [1.29, 1.82) is 0 Å². The maximum absolute atomic E-state index is 13.4. The number of nitrogen functional groups attached to an aromatic ring is 1. The lowest BCUT2D eigenvalue weighted by molar-refractivity contribution is 0.357. The summed E-state index contributed by atoms with van der Waals surface area (Å²) in [6.45, 7) is 0.699. The fraction of sp³-hybridized carbons (Fsp3) is 0.125. The van der Waals surface area contributed by atoms with Gasteiger partial charge in [0.05, 0.1) is 12.1 Å². The molecule has 0 radical (unpaired) electrons. The number of hydrogen-bond acceptors (Lipinski definition) is 4. The van der Waals surface area contributed by atoms with Crippen molar-refractivity contribution in [2.45, 2.75) is 6.42 Å². The molecule has 104 valence electrons. The Balaban J connectivity index is 1.90. The van der Waals surface area contributed by atoms with Crippen molar-refractivity contribution < 1.29 is 9.13 Å². The molecule has 0 atom stereocenters. The van der Waals surface area contributed by atoms with Crippen LogP contribution in [0.25, 0.3) is 22.3 Å². The predicted molar refractivity (Wildman–Crippen MR) is 78.5 cm³/mol. The Labute approximate surface area is 120 Å². The highest BCUT2D eigenvalue weighted by Gasteiger charge is 2.14. The molecule has 4 nitrogen and oxygen atoms in total. The summed E-state index contributed by atoms with van der Waals surface area (Å²) in [4.78, 5) is 8.75. The first-order chi connectivity index (χ1) is 10.2. The van der Waals surface area contributed by atoms with Crippen molar-refractivity contribution in [3.05, 3.63) is 47.8 Å². The van der Waals surface area contributed by atoms with Crippen LogP contribution in [0.1, 0.15) is 5.56 Å². The van der Waals surface area contributed by atoms with E-state index in [2.05, 4.69) is 9.97 Å². The van der Waals surface area contributed by atoms with Crippen LogP contribution in [0.2, 0.25) is 0 Å². The fourth-order valence-electron chi connectivity index (χ4n) is 2.58. The summed E-state index contributed by atoms with van der Waals surface area (Å²) in [5.41, 5.74) is 8.46. The number of ether oxygens (including phenoxy) is 1. The smallest absolute Gasteiger partial charge is 0.162 e. The van der Waals surface area contributed by atoms with E-state index < -0.39 is 0 Å². The molecule has 4 rings (SSSR count). The molecular weight excluding hydrogens is 269 g/mol. The number of nitrogens with zero attached hydrogens (tertiary/aromatic N) is 2. The number of fused-ring (bicyclic) bond motifs is 2. The van der Waals surface area contributed by atoms with Crippen molar-refractivity contribution >= 4 is 16.7 Å². The molecule has 0 saturated carbocycles. The minimum Gasteiger partial charge on any atom is -0.493 e. The van der Waals surface area contributed by atoms with Gasteiger partial charge in [-0.1, -0.05) is 0 Å². The van der Waals surface area contributed by atoms with E-state index in [0.717, 1.165) is 23.3 Å². The average molecular weight is 281 g/mol. The highest BCUT2D eigenvalue weighted by Crippen LogP contribution is 2.30. The third-order valence-electron chi connectivity index (χ3n) is 3.64. The number of nitrogens with two attached hydrogens (primary N) is 1. The van der Waals surface area contributed by atoms with Crippen LogP contribution in [-0.2, 0) is 6.42 Å². The summed E-state index contributed by atoms with van der Waals surface area (Å²) in [7, 11) is 0. The van der Waals surface area contributed by atoms with Gasteiger partial charge in [-0.25, -0.2) is 14.4 Å². The number of hydrogen-bond donors (Lipinski definition) is 1. The van der Waals surface area contributed by atoms with Gasteiger partial charge >= 0.3 is 0 Å². The van der Waals surface area contributed by atoms with Gasteiger partial charge in [-0.3, -0.25) is 0 Å². The van der Waals surface area contributed by atoms with Crippen molar-refractivity contribution in [3.63, 3.8) is 0 Å². The lowest BCUT2D eigenvalue weighted by Crippen LogP contribution is -1.98. The molecule has 2 heterocycles. The van der Waals surface area contributed by atoms with Gasteiger partial charge in [0.15, 0.2) is 5.82 Å². The summed E-state index contributed by atoms with van der Waals surface area (Å²) in [6, 6.07) is 10.1. The van der Waals surface area contributed by atoms with Gasteiger partial charge in [0, 0.05) is 23.4 Å². The van der Waals surface area contributed by atoms with Crippen LogP contribution in [0.5, 0.6) is 5.75 Å². The van der Waals surface area contributed by atoms with E-state index in [4.69, 9.17) is 10.5 Å². The van der Waals surface area contributed by atoms with Crippen molar-refractivity contribution in [3.8, 4) is 17.1 Å². The Kier molecular flexibility index (Phi) is 2.54. The Morgan fingerprint density at radius 3 is 2.90 bits per heavy atom. The van der Waals surface area contributed by atoms with Crippen molar-refractivity contribution in [2.24, 2.45) is 0 Å². The zero-order chi connectivity index (χ0) is 14.4. The number of anilines is 1. The third-order valence-corrected chi connectivity index (χ3v) is 3.64. The molecule has 0 unspecified atom stereocenters. The van der Waals surface area contributed by atoms with E-state index in [-0.39, 0.29) is 5.82 Å². The molecule has 0 fully saturated rings. The maximum Gasteiger partial charge on any atom is 0.162 e. The second kappa shape index (κ2) is 4.41. The highest BCUT2D eigenvalue weighted by atomic mass is 19.1. The molecule has 0 bridgehead atoms. The van der Waals surface area contributed by atoms with Gasteiger partial charge in [-0.2, -0.15) is 0 Å². The van der Waals surface area contributed by atoms with E-state index in [9.17, 15) is 4.39 Å². The quantitative estimate of drug-likeness (QED) is 0.745. The zero-order valence-corrected chi connectivity index (χ0v) is 11.1. The number of rotatable bonds is 1. The van der Waals surface area contributed by atoms with Gasteiger partial charge < -0.3 is 10.5 Å². The Morgan fingerprint density at radius 2 is 2.00 bits per heavy atom. The second-order valence-corrected chi connectivity index (χ2v) is 5.01. The summed E-state index contributed by atoms with van der Waals surface area (Å²) in [5.74, 6) is 1.42. The summed E-state index contributed by atoms with van der Waals surface area (Å²) < 4.78 is 18.8. The lowest BCUT2D eigenvalue weighted by Gasteiger charge is -2.07. The Morgan fingerprint density at radius 1 is 1.10 bits per heavy atom. The molecule has 2 N–H and O–H groups in total. The molecule has 0 aliphatic carbocycles. The van der Waals surface area contributed by atoms with Crippen molar-refractivity contribution in [1.82, 2.24) is 9.97 Å². The second-order valence-electron chi connectivity index (χ2n) is 5.01. The largest absolute Gasteiger partial charge is 0.493 e. The maximum atomic E-state index is 13.4. The molecule has 21 heavy (non-hydrogen) atoms. The van der Waals surface area contributed by atoms with Crippen LogP contribution in [0.4, 0.5) is 10.2 Å². The van der Waals surface area contributed by atoms with Gasteiger partial charge in [0.1, 0.15) is 17.4 Å². The summed E-state index contributed by atoms with van der Waals surface area (Å²) >= 11 is 0. The van der Waals surface area contributed by atoms with Gasteiger partial charge in [-0.15, -0.1) is 0 Å². The predicted octanol–water partition coefficient (Wildman–Crippen LogP) is 2.95. The number of benzene rings is 2. The molecule has 3 aromatic rings. The third kappa shape index (κ3) is 1.98. The van der Waals surface area contributed by atoms with Crippen LogP contribution in [0, 0.1) is 5.82 Å². The van der Waals surface area contributed by atoms with E-state index in [1.54, 1.807) is 6.07 Å². The molecule has 2 aromatic carbocycles. The minimum absolute atomic E-state index is 0.339. The minimum atomic E-state index is -0.339. The fourth-order valence-corrected chi connectivity index (χ4v) is 2.58. The van der Waals surface area contributed by atoms with Crippen LogP contribution in [-0.4, -0.2) is 16.6 Å².